The maximum atomic E-state index is 11.9. The van der Waals surface area contributed by atoms with Crippen LogP contribution in [0.1, 0.15) is 37.0 Å². The van der Waals surface area contributed by atoms with E-state index in [0.717, 1.165) is 30.6 Å². The lowest BCUT2D eigenvalue weighted by Crippen LogP contribution is -2.47. The van der Waals surface area contributed by atoms with E-state index < -0.39 is 12.0 Å². The zero-order valence-electron chi connectivity index (χ0n) is 10.8. The summed E-state index contributed by atoms with van der Waals surface area (Å²) in [4.78, 5) is 24.2. The second kappa shape index (κ2) is 6.70. The standard InChI is InChI=1S/C14H19NO3S/c16-12(9-11-7-4-8-19-11)15-13(14(17)18)10-5-2-1-3-6-10/h4,7-8,10,13H,1-3,5-6,9H2,(H,15,16)(H,17,18). The zero-order chi connectivity index (χ0) is 13.7. The topological polar surface area (TPSA) is 66.4 Å². The first-order valence-corrected chi connectivity index (χ1v) is 7.59. The fourth-order valence-electron chi connectivity index (χ4n) is 2.64. The van der Waals surface area contributed by atoms with Gasteiger partial charge in [-0.05, 0) is 30.2 Å². The SMILES string of the molecule is O=C(Cc1cccs1)NC(C(=O)O)C1CCCCC1. The number of hydrogen-bond acceptors (Lipinski definition) is 3. The molecule has 1 heterocycles. The highest BCUT2D eigenvalue weighted by atomic mass is 32.1. The van der Waals surface area contributed by atoms with Gasteiger partial charge < -0.3 is 10.4 Å². The van der Waals surface area contributed by atoms with Crippen LogP contribution in [0.3, 0.4) is 0 Å². The molecule has 5 heteroatoms. The lowest BCUT2D eigenvalue weighted by atomic mass is 9.84. The van der Waals surface area contributed by atoms with Crippen LogP contribution in [0.5, 0.6) is 0 Å². The van der Waals surface area contributed by atoms with E-state index in [2.05, 4.69) is 5.32 Å². The number of carboxylic acid groups (broad SMARTS) is 1. The van der Waals surface area contributed by atoms with Crippen molar-refractivity contribution in [2.45, 2.75) is 44.6 Å². The highest BCUT2D eigenvalue weighted by Crippen LogP contribution is 2.26. The molecule has 1 aliphatic carbocycles. The van der Waals surface area contributed by atoms with Crippen LogP contribution in [-0.2, 0) is 16.0 Å². The molecule has 0 aromatic carbocycles. The average Bonchev–Trinajstić information content (AvgIpc) is 2.89. The molecule has 1 saturated carbocycles. The largest absolute Gasteiger partial charge is 0.480 e. The van der Waals surface area contributed by atoms with E-state index in [1.54, 1.807) is 0 Å². The van der Waals surface area contributed by atoms with Gasteiger partial charge in [0.15, 0.2) is 0 Å². The molecule has 4 nitrogen and oxygen atoms in total. The van der Waals surface area contributed by atoms with Crippen LogP contribution >= 0.6 is 11.3 Å². The van der Waals surface area contributed by atoms with Crippen LogP contribution in [-0.4, -0.2) is 23.0 Å². The summed E-state index contributed by atoms with van der Waals surface area (Å²) in [6.07, 6.45) is 5.37. The third-order valence-corrected chi connectivity index (χ3v) is 4.50. The van der Waals surface area contributed by atoms with Crippen molar-refractivity contribution < 1.29 is 14.7 Å². The van der Waals surface area contributed by atoms with E-state index in [1.165, 1.54) is 17.8 Å². The van der Waals surface area contributed by atoms with Crippen molar-refractivity contribution >= 4 is 23.2 Å². The molecule has 0 aliphatic heterocycles. The summed E-state index contributed by atoms with van der Waals surface area (Å²) in [5.41, 5.74) is 0. The third-order valence-electron chi connectivity index (χ3n) is 3.62. The Balaban J connectivity index is 1.92. The van der Waals surface area contributed by atoms with Gasteiger partial charge in [-0.2, -0.15) is 0 Å². The number of carboxylic acids is 1. The Hall–Kier alpha value is -1.36. The van der Waals surface area contributed by atoms with Crippen LogP contribution in [0, 0.1) is 5.92 Å². The van der Waals surface area contributed by atoms with Gasteiger partial charge in [-0.25, -0.2) is 4.79 Å². The van der Waals surface area contributed by atoms with E-state index in [-0.39, 0.29) is 18.2 Å². The summed E-state index contributed by atoms with van der Waals surface area (Å²) < 4.78 is 0. The van der Waals surface area contributed by atoms with E-state index in [4.69, 9.17) is 0 Å². The highest BCUT2D eigenvalue weighted by Gasteiger charge is 2.30. The van der Waals surface area contributed by atoms with E-state index in [1.807, 2.05) is 17.5 Å². The van der Waals surface area contributed by atoms with Crippen molar-refractivity contribution in [2.75, 3.05) is 0 Å². The molecule has 1 amide bonds. The molecule has 104 valence electrons. The highest BCUT2D eigenvalue weighted by molar-refractivity contribution is 7.10. The van der Waals surface area contributed by atoms with Crippen molar-refractivity contribution in [3.8, 4) is 0 Å². The monoisotopic (exact) mass is 281 g/mol. The molecular formula is C14H19NO3S. The van der Waals surface area contributed by atoms with E-state index in [0.29, 0.717) is 0 Å². The first kappa shape index (κ1) is 14.1. The lowest BCUT2D eigenvalue weighted by molar-refractivity contribution is -0.143. The molecule has 1 aromatic heterocycles. The first-order chi connectivity index (χ1) is 9.16. The second-order valence-corrected chi connectivity index (χ2v) is 6.07. The van der Waals surface area contributed by atoms with Crippen molar-refractivity contribution in [3.05, 3.63) is 22.4 Å². The molecule has 1 fully saturated rings. The Morgan fingerprint density at radius 2 is 2.11 bits per heavy atom. The molecule has 1 aliphatic rings. The molecular weight excluding hydrogens is 262 g/mol. The van der Waals surface area contributed by atoms with Gasteiger partial charge in [0.25, 0.3) is 0 Å². The minimum absolute atomic E-state index is 0.0820. The number of nitrogens with one attached hydrogen (secondary N) is 1. The van der Waals surface area contributed by atoms with Gasteiger partial charge in [0.2, 0.25) is 5.91 Å². The van der Waals surface area contributed by atoms with Crippen molar-refractivity contribution in [2.24, 2.45) is 5.92 Å². The normalized spacial score (nSPS) is 17.9. The van der Waals surface area contributed by atoms with Gasteiger partial charge in [0.1, 0.15) is 6.04 Å². The summed E-state index contributed by atoms with van der Waals surface area (Å²) >= 11 is 1.51. The predicted molar refractivity (Wildman–Crippen MR) is 74.2 cm³/mol. The fraction of sp³-hybridized carbons (Fsp3) is 0.571. The molecule has 2 N–H and O–H groups in total. The third kappa shape index (κ3) is 4.06. The van der Waals surface area contributed by atoms with Crippen molar-refractivity contribution in [1.29, 1.82) is 0 Å². The number of amides is 1. The molecule has 1 atom stereocenters. The predicted octanol–water partition coefficient (Wildman–Crippen LogP) is 2.44. The summed E-state index contributed by atoms with van der Waals surface area (Å²) in [5.74, 6) is -1.02. The number of carbonyl (C=O) groups excluding carboxylic acids is 1. The van der Waals surface area contributed by atoms with Crippen LogP contribution in [0.15, 0.2) is 17.5 Å². The molecule has 0 radical (unpaired) electrons. The van der Waals surface area contributed by atoms with Crippen molar-refractivity contribution in [1.82, 2.24) is 5.32 Å². The fourth-order valence-corrected chi connectivity index (χ4v) is 3.35. The summed E-state index contributed by atoms with van der Waals surface area (Å²) in [7, 11) is 0. The molecule has 19 heavy (non-hydrogen) atoms. The van der Waals surface area contributed by atoms with Gasteiger partial charge in [-0.15, -0.1) is 11.3 Å². The van der Waals surface area contributed by atoms with Crippen LogP contribution in [0.2, 0.25) is 0 Å². The van der Waals surface area contributed by atoms with E-state index in [9.17, 15) is 14.7 Å². The number of aliphatic carboxylic acids is 1. The Labute approximate surface area is 116 Å². The van der Waals surface area contributed by atoms with Gasteiger partial charge in [-0.3, -0.25) is 4.79 Å². The molecule has 0 spiro atoms. The molecule has 0 saturated heterocycles. The maximum absolute atomic E-state index is 11.9. The average molecular weight is 281 g/mol. The molecule has 1 aromatic rings. The Morgan fingerprint density at radius 3 is 2.68 bits per heavy atom. The van der Waals surface area contributed by atoms with Gasteiger partial charge in [0, 0.05) is 4.88 Å². The molecule has 1 unspecified atom stereocenters. The summed E-state index contributed by atoms with van der Waals surface area (Å²) in [6, 6.07) is 3.05. The van der Waals surface area contributed by atoms with Crippen molar-refractivity contribution in [3.63, 3.8) is 0 Å². The second-order valence-electron chi connectivity index (χ2n) is 5.04. The minimum Gasteiger partial charge on any atom is -0.480 e. The lowest BCUT2D eigenvalue weighted by Gasteiger charge is -2.28. The molecule has 2 rings (SSSR count). The summed E-state index contributed by atoms with van der Waals surface area (Å²) in [6.45, 7) is 0. The maximum Gasteiger partial charge on any atom is 0.326 e. The Kier molecular flexibility index (Phi) is 4.96. The smallest absolute Gasteiger partial charge is 0.326 e. The molecule has 0 bridgehead atoms. The Bertz CT molecular complexity index is 424. The quantitative estimate of drug-likeness (QED) is 0.871. The van der Waals surface area contributed by atoms with Gasteiger partial charge in [0.05, 0.1) is 6.42 Å². The first-order valence-electron chi connectivity index (χ1n) is 6.71. The van der Waals surface area contributed by atoms with Crippen LogP contribution in [0.25, 0.3) is 0 Å². The zero-order valence-corrected chi connectivity index (χ0v) is 11.6. The van der Waals surface area contributed by atoms with Crippen LogP contribution in [0.4, 0.5) is 0 Å². The minimum atomic E-state index is -0.911. The Morgan fingerprint density at radius 1 is 1.37 bits per heavy atom. The van der Waals surface area contributed by atoms with E-state index >= 15 is 0 Å². The number of thiophene rings is 1. The van der Waals surface area contributed by atoms with Crippen LogP contribution < -0.4 is 5.32 Å². The van der Waals surface area contributed by atoms with Gasteiger partial charge >= 0.3 is 5.97 Å². The van der Waals surface area contributed by atoms with Gasteiger partial charge in [-0.1, -0.05) is 25.3 Å². The summed E-state index contributed by atoms with van der Waals surface area (Å²) in [5, 5.41) is 13.9. The number of carbonyl (C=O) groups is 2. The number of rotatable bonds is 5. The number of hydrogen-bond donors (Lipinski definition) is 2.